The van der Waals surface area contributed by atoms with Crippen LogP contribution < -0.4 is 5.32 Å². The molecule has 0 spiro atoms. The molecule has 1 aromatic carbocycles. The molecular weight excluding hydrogens is 254 g/mol. The Kier molecular flexibility index (Phi) is 5.05. The van der Waals surface area contributed by atoms with Crippen LogP contribution in [-0.2, 0) is 13.1 Å². The van der Waals surface area contributed by atoms with Crippen LogP contribution in [0.1, 0.15) is 18.9 Å². The molecule has 0 aliphatic heterocycles. The summed E-state index contributed by atoms with van der Waals surface area (Å²) in [6.07, 6.45) is 5.09. The monoisotopic (exact) mass is 275 g/mol. The Balaban J connectivity index is 2.41. The van der Waals surface area contributed by atoms with Crippen molar-refractivity contribution in [3.8, 4) is 0 Å². The predicted octanol–water partition coefficient (Wildman–Crippen LogP) is 3.44. The maximum atomic E-state index is 4.79. The van der Waals surface area contributed by atoms with Gasteiger partial charge >= 0.3 is 0 Å². The number of para-hydroxylation sites is 1. The fourth-order valence-corrected chi connectivity index (χ4v) is 2.82. The third-order valence-corrected chi connectivity index (χ3v) is 3.74. The van der Waals surface area contributed by atoms with Crippen molar-refractivity contribution in [3.05, 3.63) is 36.4 Å². The molecule has 2 aromatic rings. The minimum atomic E-state index is 0.821. The number of nitrogens with zero attached hydrogens (tertiary/aromatic N) is 2. The highest BCUT2D eigenvalue weighted by Crippen LogP contribution is 2.25. The molecule has 1 aromatic heterocycles. The zero-order valence-electron chi connectivity index (χ0n) is 11.6. The zero-order chi connectivity index (χ0) is 13.7. The largest absolute Gasteiger partial charge is 0.319 e. The van der Waals surface area contributed by atoms with E-state index in [0.717, 1.165) is 36.7 Å². The first kappa shape index (κ1) is 14.2. The number of rotatable bonds is 7. The Morgan fingerprint density at radius 1 is 1.47 bits per heavy atom. The van der Waals surface area contributed by atoms with E-state index in [0.29, 0.717) is 0 Å². The number of nitrogens with one attached hydrogen (secondary N) is 1. The maximum Gasteiger partial charge on any atom is 0.168 e. The van der Waals surface area contributed by atoms with E-state index in [1.807, 2.05) is 6.08 Å². The van der Waals surface area contributed by atoms with Crippen LogP contribution >= 0.6 is 11.8 Å². The standard InChI is InChI=1S/C15H21N3S/c1-4-9-16-11-12-7-6-8-13-14(12)17-15(19-3)18(13)10-5-2/h4,6-8,16H,1,5,9-11H2,2-3H3. The second-order valence-corrected chi connectivity index (χ2v) is 5.23. The highest BCUT2D eigenvalue weighted by Gasteiger charge is 2.11. The van der Waals surface area contributed by atoms with E-state index in [-0.39, 0.29) is 0 Å². The lowest BCUT2D eigenvalue weighted by atomic mass is 10.2. The molecule has 1 heterocycles. The molecule has 0 saturated heterocycles. The Labute approximate surface area is 119 Å². The summed E-state index contributed by atoms with van der Waals surface area (Å²) in [5.41, 5.74) is 3.62. The van der Waals surface area contributed by atoms with Crippen LogP contribution in [0.15, 0.2) is 36.0 Å². The van der Waals surface area contributed by atoms with Crippen molar-refractivity contribution in [2.75, 3.05) is 12.8 Å². The Morgan fingerprint density at radius 3 is 3.00 bits per heavy atom. The normalized spacial score (nSPS) is 11.1. The van der Waals surface area contributed by atoms with E-state index in [1.54, 1.807) is 11.8 Å². The molecule has 0 atom stereocenters. The van der Waals surface area contributed by atoms with Gasteiger partial charge in [-0.2, -0.15) is 0 Å². The first-order valence-corrected chi connectivity index (χ1v) is 7.88. The first-order valence-electron chi connectivity index (χ1n) is 6.65. The number of hydrogen-bond donors (Lipinski definition) is 1. The molecule has 0 aliphatic rings. The molecule has 1 N–H and O–H groups in total. The highest BCUT2D eigenvalue weighted by atomic mass is 32.2. The van der Waals surface area contributed by atoms with Gasteiger partial charge in [0.2, 0.25) is 0 Å². The van der Waals surface area contributed by atoms with Crippen LogP contribution in [0.25, 0.3) is 11.0 Å². The molecule has 2 rings (SSSR count). The van der Waals surface area contributed by atoms with E-state index in [9.17, 15) is 0 Å². The molecular formula is C15H21N3S. The van der Waals surface area contributed by atoms with Gasteiger partial charge in [0.05, 0.1) is 11.0 Å². The average molecular weight is 275 g/mol. The second-order valence-electron chi connectivity index (χ2n) is 4.45. The average Bonchev–Trinajstić information content (AvgIpc) is 2.79. The van der Waals surface area contributed by atoms with E-state index in [1.165, 1.54) is 11.1 Å². The zero-order valence-corrected chi connectivity index (χ0v) is 12.5. The van der Waals surface area contributed by atoms with Gasteiger partial charge in [0.15, 0.2) is 5.16 Å². The van der Waals surface area contributed by atoms with Crippen LogP contribution in [0.5, 0.6) is 0 Å². The van der Waals surface area contributed by atoms with Crippen LogP contribution in [0, 0.1) is 0 Å². The maximum absolute atomic E-state index is 4.79. The summed E-state index contributed by atoms with van der Waals surface area (Å²) >= 11 is 1.71. The molecule has 4 heteroatoms. The molecule has 102 valence electrons. The number of hydrogen-bond acceptors (Lipinski definition) is 3. The number of imidazole rings is 1. The van der Waals surface area contributed by atoms with Gasteiger partial charge < -0.3 is 9.88 Å². The molecule has 0 aliphatic carbocycles. The quantitative estimate of drug-likeness (QED) is 0.477. The van der Waals surface area contributed by atoms with Gasteiger partial charge in [0.1, 0.15) is 0 Å². The summed E-state index contributed by atoms with van der Waals surface area (Å²) in [6.45, 7) is 8.60. The summed E-state index contributed by atoms with van der Waals surface area (Å²) in [5, 5.41) is 4.45. The van der Waals surface area contributed by atoms with Gasteiger partial charge in [-0.15, -0.1) is 6.58 Å². The van der Waals surface area contributed by atoms with Crippen LogP contribution in [-0.4, -0.2) is 22.4 Å². The van der Waals surface area contributed by atoms with Gasteiger partial charge in [-0.05, 0) is 24.3 Å². The number of fused-ring (bicyclic) bond motifs is 1. The number of aryl methyl sites for hydroxylation is 1. The van der Waals surface area contributed by atoms with Crippen molar-refractivity contribution < 1.29 is 0 Å². The lowest BCUT2D eigenvalue weighted by Crippen LogP contribution is -2.12. The molecule has 0 bridgehead atoms. The Hall–Kier alpha value is -1.26. The number of thioether (sulfide) groups is 1. The molecule has 0 amide bonds. The van der Waals surface area contributed by atoms with Crippen molar-refractivity contribution >= 4 is 22.8 Å². The summed E-state index contributed by atoms with van der Waals surface area (Å²) in [7, 11) is 0. The lowest BCUT2D eigenvalue weighted by Gasteiger charge is -2.06. The predicted molar refractivity (Wildman–Crippen MR) is 83.7 cm³/mol. The van der Waals surface area contributed by atoms with Crippen LogP contribution in [0.4, 0.5) is 0 Å². The van der Waals surface area contributed by atoms with Crippen LogP contribution in [0.2, 0.25) is 0 Å². The summed E-state index contributed by atoms with van der Waals surface area (Å²) in [4.78, 5) is 4.79. The van der Waals surface area contributed by atoms with Crippen molar-refractivity contribution in [1.82, 2.24) is 14.9 Å². The fourth-order valence-electron chi connectivity index (χ4n) is 2.23. The third-order valence-electron chi connectivity index (χ3n) is 3.06. The molecule has 0 saturated carbocycles. The van der Waals surface area contributed by atoms with Gasteiger partial charge in [-0.25, -0.2) is 4.98 Å². The molecule has 0 unspecified atom stereocenters. The Morgan fingerprint density at radius 2 is 2.32 bits per heavy atom. The SMILES string of the molecule is C=CCNCc1cccc2c1nc(SC)n2CCC. The smallest absolute Gasteiger partial charge is 0.168 e. The first-order chi connectivity index (χ1) is 9.31. The summed E-state index contributed by atoms with van der Waals surface area (Å²) in [6, 6.07) is 6.42. The van der Waals surface area contributed by atoms with E-state index >= 15 is 0 Å². The molecule has 19 heavy (non-hydrogen) atoms. The van der Waals surface area contributed by atoms with E-state index in [2.05, 4.69) is 47.8 Å². The van der Waals surface area contributed by atoms with Gasteiger partial charge in [0, 0.05) is 19.6 Å². The van der Waals surface area contributed by atoms with Crippen molar-refractivity contribution in [3.63, 3.8) is 0 Å². The van der Waals surface area contributed by atoms with Crippen LogP contribution in [0.3, 0.4) is 0 Å². The van der Waals surface area contributed by atoms with Crippen molar-refractivity contribution in [2.45, 2.75) is 31.6 Å². The van der Waals surface area contributed by atoms with Crippen molar-refractivity contribution in [2.24, 2.45) is 0 Å². The second kappa shape index (κ2) is 6.78. The molecule has 0 fully saturated rings. The minimum Gasteiger partial charge on any atom is -0.319 e. The van der Waals surface area contributed by atoms with Gasteiger partial charge in [-0.3, -0.25) is 0 Å². The number of aromatic nitrogens is 2. The topological polar surface area (TPSA) is 29.9 Å². The van der Waals surface area contributed by atoms with Crippen molar-refractivity contribution in [1.29, 1.82) is 0 Å². The van der Waals surface area contributed by atoms with E-state index < -0.39 is 0 Å². The minimum absolute atomic E-state index is 0.821. The molecule has 3 nitrogen and oxygen atoms in total. The highest BCUT2D eigenvalue weighted by molar-refractivity contribution is 7.98. The van der Waals surface area contributed by atoms with Gasteiger partial charge in [0.25, 0.3) is 0 Å². The van der Waals surface area contributed by atoms with E-state index in [4.69, 9.17) is 4.98 Å². The molecule has 0 radical (unpaired) electrons. The Bertz CT molecular complexity index is 560. The summed E-state index contributed by atoms with van der Waals surface area (Å²) < 4.78 is 2.32. The number of benzene rings is 1. The summed E-state index contributed by atoms with van der Waals surface area (Å²) in [5.74, 6) is 0. The third kappa shape index (κ3) is 3.01. The lowest BCUT2D eigenvalue weighted by molar-refractivity contribution is 0.639. The fraction of sp³-hybridized carbons (Fsp3) is 0.400. The van der Waals surface area contributed by atoms with Gasteiger partial charge in [-0.1, -0.05) is 36.9 Å².